The van der Waals surface area contributed by atoms with Gasteiger partial charge in [-0.1, -0.05) is 12.1 Å². The number of nitrogens with one attached hydrogen (secondary N) is 4. The third-order valence-corrected chi connectivity index (χ3v) is 9.67. The molecule has 11 heteroatoms. The molecule has 2 aromatic carbocycles. The lowest BCUT2D eigenvalue weighted by molar-refractivity contribution is 0.234. The molecule has 1 saturated heterocycles. The van der Waals surface area contributed by atoms with Crippen molar-refractivity contribution in [1.29, 1.82) is 0 Å². The number of rotatable bonds is 7. The number of benzene rings is 2. The molecule has 3 heterocycles. The number of amidine groups is 2. The number of hydrogen-bond donors (Lipinski definition) is 5. The first-order valence-electron chi connectivity index (χ1n) is 13.8. The molecule has 0 radical (unpaired) electrons. The Morgan fingerprint density at radius 1 is 1.10 bits per heavy atom. The predicted octanol–water partition coefficient (Wildman–Crippen LogP) is 3.41. The lowest BCUT2D eigenvalue weighted by Gasteiger charge is -2.32. The number of nitrogens with zero attached hydrogens (tertiary/aromatic N) is 2. The summed E-state index contributed by atoms with van der Waals surface area (Å²) in [6, 6.07) is 11.0. The maximum Gasteiger partial charge on any atom is 0.236 e. The average Bonchev–Trinajstić information content (AvgIpc) is 3.38. The Hall–Kier alpha value is -3.41. The van der Waals surface area contributed by atoms with E-state index >= 15 is 0 Å². The van der Waals surface area contributed by atoms with E-state index in [1.807, 2.05) is 19.9 Å². The summed E-state index contributed by atoms with van der Waals surface area (Å²) in [5.41, 5.74) is 17.1. The highest BCUT2D eigenvalue weighted by Crippen LogP contribution is 2.40. The van der Waals surface area contributed by atoms with Crippen molar-refractivity contribution in [3.8, 4) is 5.75 Å². The number of para-hydroxylation sites is 1. The van der Waals surface area contributed by atoms with E-state index in [0.717, 1.165) is 31.5 Å². The normalized spacial score (nSPS) is 21.2. The molecule has 2 aromatic rings. The number of aliphatic imine (C=N–C) groups is 2. The van der Waals surface area contributed by atoms with Crippen LogP contribution in [0.5, 0.6) is 5.75 Å². The predicted molar refractivity (Wildman–Crippen MR) is 159 cm³/mol. The lowest BCUT2D eigenvalue weighted by atomic mass is 9.85. The molecule has 0 saturated carbocycles. The van der Waals surface area contributed by atoms with Gasteiger partial charge < -0.3 is 20.8 Å². The van der Waals surface area contributed by atoms with Crippen LogP contribution in [-0.2, 0) is 15.6 Å². The first-order chi connectivity index (χ1) is 19.0. The smallest absolute Gasteiger partial charge is 0.236 e. The Bertz CT molecular complexity index is 1490. The summed E-state index contributed by atoms with van der Waals surface area (Å²) in [7, 11) is -3.56. The quantitative estimate of drug-likeness (QED) is 0.344. The largest absolute Gasteiger partial charge is 0.490 e. The van der Waals surface area contributed by atoms with Crippen LogP contribution < -0.4 is 32.0 Å². The summed E-state index contributed by atoms with van der Waals surface area (Å²) in [6.45, 7) is 11.4. The zero-order valence-corrected chi connectivity index (χ0v) is 24.5. The van der Waals surface area contributed by atoms with E-state index in [-0.39, 0.29) is 11.0 Å². The number of nitrogens with two attached hydrogens (primary N) is 1. The molecule has 0 spiro atoms. The van der Waals surface area contributed by atoms with Crippen LogP contribution in [0, 0.1) is 6.92 Å². The standard InChI is InChI=1S/C29H39N7O3S/c1-17(2)39-25-15-21(20-10-12-31-13-11-20)19(5)14-23(25)29(30)34-27(22-16-32-36-28(22)35-29)33-24-8-6-7-9-26(24)40(37,38)18(3)4/h6-9,14-18,20,31H,10-13,30H2,1-5H3,(H,33,34)(H2,32,35,36). The van der Waals surface area contributed by atoms with Gasteiger partial charge in [0.15, 0.2) is 15.7 Å². The zero-order chi connectivity index (χ0) is 28.7. The van der Waals surface area contributed by atoms with Crippen molar-refractivity contribution in [2.45, 2.75) is 75.4 Å². The van der Waals surface area contributed by atoms with Crippen LogP contribution in [0.2, 0.25) is 0 Å². The second kappa shape index (κ2) is 10.9. The number of piperidine rings is 1. The highest BCUT2D eigenvalue weighted by Gasteiger charge is 2.39. The lowest BCUT2D eigenvalue weighted by Crippen LogP contribution is -2.44. The number of anilines is 1. The minimum atomic E-state index is -3.56. The van der Waals surface area contributed by atoms with Crippen LogP contribution >= 0.6 is 0 Å². The molecule has 3 aliphatic heterocycles. The minimum Gasteiger partial charge on any atom is -0.490 e. The van der Waals surface area contributed by atoms with E-state index in [0.29, 0.717) is 40.2 Å². The van der Waals surface area contributed by atoms with Crippen molar-refractivity contribution in [1.82, 2.24) is 16.2 Å². The van der Waals surface area contributed by atoms with Crippen LogP contribution in [0.1, 0.15) is 63.1 Å². The van der Waals surface area contributed by atoms with Crippen molar-refractivity contribution in [2.24, 2.45) is 15.7 Å². The molecule has 1 atom stereocenters. The molecule has 0 aliphatic carbocycles. The van der Waals surface area contributed by atoms with E-state index in [9.17, 15) is 8.42 Å². The molecular formula is C29H39N7O3S. The third-order valence-electron chi connectivity index (χ3n) is 7.46. The topological polar surface area (TPSA) is 142 Å². The Morgan fingerprint density at radius 3 is 2.52 bits per heavy atom. The van der Waals surface area contributed by atoms with Crippen molar-refractivity contribution in [2.75, 3.05) is 18.4 Å². The van der Waals surface area contributed by atoms with Gasteiger partial charge in [-0.05, 0) is 102 Å². The van der Waals surface area contributed by atoms with E-state index in [1.165, 1.54) is 5.56 Å². The summed E-state index contributed by atoms with van der Waals surface area (Å²) in [4.78, 5) is 9.91. The summed E-state index contributed by atoms with van der Waals surface area (Å²) < 4.78 is 32.6. The Balaban J connectivity index is 1.61. The maximum absolute atomic E-state index is 13.1. The van der Waals surface area contributed by atoms with Crippen LogP contribution in [0.4, 0.5) is 5.69 Å². The van der Waals surface area contributed by atoms with Crippen molar-refractivity contribution in [3.05, 3.63) is 64.9 Å². The number of aryl methyl sites for hydroxylation is 1. The van der Waals surface area contributed by atoms with Crippen LogP contribution in [0.3, 0.4) is 0 Å². The first kappa shape index (κ1) is 28.1. The van der Waals surface area contributed by atoms with Crippen LogP contribution in [0.15, 0.2) is 63.1 Å². The van der Waals surface area contributed by atoms with Gasteiger partial charge in [-0.3, -0.25) is 11.2 Å². The van der Waals surface area contributed by atoms with E-state index in [2.05, 4.69) is 34.5 Å². The SMILES string of the molecule is Cc1cc(C2(N)N=C3NNC=C3C(Nc3ccccc3S(=O)(=O)C(C)C)=N2)c(OC(C)C)cc1C1CCNCC1. The van der Waals surface area contributed by atoms with Crippen molar-refractivity contribution < 1.29 is 13.2 Å². The van der Waals surface area contributed by atoms with E-state index in [1.54, 1.807) is 44.3 Å². The molecule has 10 nitrogen and oxygen atoms in total. The summed E-state index contributed by atoms with van der Waals surface area (Å²) >= 11 is 0. The highest BCUT2D eigenvalue weighted by atomic mass is 32.2. The Labute approximate surface area is 236 Å². The maximum atomic E-state index is 13.1. The number of ether oxygens (including phenoxy) is 1. The van der Waals surface area contributed by atoms with Gasteiger partial charge in [0.1, 0.15) is 11.6 Å². The number of fused-ring (bicyclic) bond motifs is 1. The third kappa shape index (κ3) is 5.33. The molecular weight excluding hydrogens is 526 g/mol. The minimum absolute atomic E-state index is 0.0846. The molecule has 0 aromatic heterocycles. The molecule has 1 unspecified atom stereocenters. The Kier molecular flexibility index (Phi) is 7.64. The highest BCUT2D eigenvalue weighted by molar-refractivity contribution is 7.92. The molecule has 0 amide bonds. The van der Waals surface area contributed by atoms with E-state index < -0.39 is 20.9 Å². The number of hydrazine groups is 1. The van der Waals surface area contributed by atoms with Crippen LogP contribution in [0.25, 0.3) is 0 Å². The Morgan fingerprint density at radius 2 is 1.82 bits per heavy atom. The van der Waals surface area contributed by atoms with Crippen molar-refractivity contribution in [3.63, 3.8) is 0 Å². The van der Waals surface area contributed by atoms with Gasteiger partial charge >= 0.3 is 0 Å². The van der Waals surface area contributed by atoms with Gasteiger partial charge in [0.25, 0.3) is 0 Å². The molecule has 3 aliphatic rings. The first-order valence-corrected chi connectivity index (χ1v) is 15.4. The molecule has 214 valence electrons. The fourth-order valence-electron chi connectivity index (χ4n) is 5.34. The zero-order valence-electron chi connectivity index (χ0n) is 23.7. The van der Waals surface area contributed by atoms with Crippen LogP contribution in [-0.4, -0.2) is 44.5 Å². The average molecular weight is 566 g/mol. The summed E-state index contributed by atoms with van der Waals surface area (Å²) in [5, 5.41) is 6.11. The second-order valence-electron chi connectivity index (χ2n) is 11.1. The second-order valence-corrected chi connectivity index (χ2v) is 13.6. The van der Waals surface area contributed by atoms with Gasteiger partial charge in [-0.2, -0.15) is 0 Å². The fourth-order valence-corrected chi connectivity index (χ4v) is 6.54. The fraction of sp³-hybridized carbons (Fsp3) is 0.448. The summed E-state index contributed by atoms with van der Waals surface area (Å²) in [5.74, 6) is 0.449. The van der Waals surface area contributed by atoms with Crippen molar-refractivity contribution >= 4 is 27.2 Å². The number of sulfone groups is 1. The molecule has 6 N–H and O–H groups in total. The molecule has 5 rings (SSSR count). The van der Waals surface area contributed by atoms with Gasteiger partial charge in [-0.25, -0.2) is 18.4 Å². The number of hydrogen-bond acceptors (Lipinski definition) is 10. The van der Waals surface area contributed by atoms with Gasteiger partial charge in [0.05, 0.1) is 33.1 Å². The van der Waals surface area contributed by atoms with Gasteiger partial charge in [-0.15, -0.1) is 0 Å². The van der Waals surface area contributed by atoms with E-state index in [4.69, 9.17) is 20.5 Å². The molecule has 40 heavy (non-hydrogen) atoms. The monoisotopic (exact) mass is 565 g/mol. The van der Waals surface area contributed by atoms with Gasteiger partial charge in [0.2, 0.25) is 5.79 Å². The molecule has 0 bridgehead atoms. The van der Waals surface area contributed by atoms with Gasteiger partial charge in [0, 0.05) is 6.20 Å². The summed E-state index contributed by atoms with van der Waals surface area (Å²) in [6.07, 6.45) is 3.76. The molecule has 1 fully saturated rings.